The number of amides is 4. The van der Waals surface area contributed by atoms with Crippen LogP contribution in [0.2, 0.25) is 0 Å². The highest BCUT2D eigenvalue weighted by Crippen LogP contribution is 2.54. The number of nitrogens with one attached hydrogen (secondary N) is 3. The highest BCUT2D eigenvalue weighted by Gasteiger charge is 2.48. The van der Waals surface area contributed by atoms with Crippen molar-refractivity contribution < 1.29 is 89.3 Å². The Hall–Kier alpha value is -13.4. The normalized spacial score (nSPS) is 17.8. The largest absolute Gasteiger partial charge is 0.497 e. The quantitative estimate of drug-likeness (QED) is 0.00905. The maximum atomic E-state index is 14.3. The van der Waals surface area contributed by atoms with E-state index in [0.717, 1.165) is 66.8 Å². The maximum absolute atomic E-state index is 14.3. The topological polar surface area (TPSA) is 416 Å². The number of carbonyl (C=O) groups is 6. The number of methoxy groups -OCH3 is 2. The lowest BCUT2D eigenvalue weighted by atomic mass is 9.80. The van der Waals surface area contributed by atoms with Gasteiger partial charge in [-0.05, 0) is 150 Å². The highest BCUT2D eigenvalue weighted by atomic mass is 31.2. The number of aliphatic imine (C=N–C) groups is 1. The van der Waals surface area contributed by atoms with Gasteiger partial charge in [0.25, 0.3) is 14.4 Å². The third-order valence-electron chi connectivity index (χ3n) is 25.3. The number of benzene rings is 8. The number of imidazole rings is 2. The fourth-order valence-electron chi connectivity index (χ4n) is 18.3. The van der Waals surface area contributed by atoms with Crippen molar-refractivity contribution in [2.75, 3.05) is 93.0 Å². The maximum Gasteiger partial charge on any atom is 0.409 e. The molecule has 3 aliphatic heterocycles. The fourth-order valence-corrected chi connectivity index (χ4v) is 21.2. The molecule has 141 heavy (non-hydrogen) atoms. The van der Waals surface area contributed by atoms with Crippen molar-refractivity contribution in [3.63, 3.8) is 0 Å². The van der Waals surface area contributed by atoms with Gasteiger partial charge in [-0.3, -0.25) is 33.6 Å². The zero-order valence-corrected chi connectivity index (χ0v) is 81.5. The Balaban J connectivity index is 0.603. The molecular weight excluding hydrogens is 1840 g/mol. The number of hydrogen-bond donors (Lipinski definition) is 4. The van der Waals surface area contributed by atoms with Crippen LogP contribution >= 0.6 is 17.1 Å². The van der Waals surface area contributed by atoms with Gasteiger partial charge in [0.05, 0.1) is 90.5 Å². The molecular formula is C104H114N16O19P2. The van der Waals surface area contributed by atoms with E-state index in [-0.39, 0.29) is 162 Å². The number of guanidine groups is 1. The van der Waals surface area contributed by atoms with E-state index in [4.69, 9.17) is 86.2 Å². The van der Waals surface area contributed by atoms with Crippen LogP contribution < -0.4 is 31.2 Å². The van der Waals surface area contributed by atoms with Gasteiger partial charge in [-0.25, -0.2) is 34.2 Å². The summed E-state index contributed by atoms with van der Waals surface area (Å²) in [6.45, 7) is 8.03. The molecule has 3 aromatic heterocycles. The van der Waals surface area contributed by atoms with Gasteiger partial charge in [-0.15, -0.1) is 0 Å². The number of nitrogens with two attached hydrogens (primary N) is 1. The lowest BCUT2D eigenvalue weighted by Crippen LogP contribution is -2.47. The van der Waals surface area contributed by atoms with E-state index in [9.17, 15) is 39.3 Å². The van der Waals surface area contributed by atoms with Gasteiger partial charge in [0.15, 0.2) is 28.6 Å². The molecule has 16 rings (SSSR count). The van der Waals surface area contributed by atoms with Crippen molar-refractivity contribution >= 4 is 81.6 Å². The highest BCUT2D eigenvalue weighted by molar-refractivity contribution is 7.44. The predicted octanol–water partition coefficient (Wildman–Crippen LogP) is 16.8. The Morgan fingerprint density at radius 1 is 0.567 bits per heavy atom. The molecule has 5 N–H and O–H groups in total. The molecule has 734 valence electrons. The van der Waals surface area contributed by atoms with Crippen LogP contribution in [0.4, 0.5) is 21.2 Å². The van der Waals surface area contributed by atoms with E-state index in [1.807, 2.05) is 155 Å². The molecule has 8 aromatic carbocycles. The van der Waals surface area contributed by atoms with Crippen LogP contribution in [0.15, 0.2) is 224 Å². The summed E-state index contributed by atoms with van der Waals surface area (Å²) in [7, 11) is 2.06. The first kappa shape index (κ1) is 101. The number of ketones is 1. The molecule has 9 atom stereocenters. The van der Waals surface area contributed by atoms with Crippen molar-refractivity contribution in [3.8, 4) is 45.9 Å². The molecule has 0 bridgehead atoms. The van der Waals surface area contributed by atoms with Gasteiger partial charge in [0.2, 0.25) is 11.9 Å². The molecule has 4 amide bonds. The van der Waals surface area contributed by atoms with Crippen molar-refractivity contribution in [2.45, 2.75) is 164 Å². The van der Waals surface area contributed by atoms with Gasteiger partial charge in [-0.1, -0.05) is 164 Å². The van der Waals surface area contributed by atoms with Crippen molar-refractivity contribution in [1.29, 1.82) is 10.5 Å². The summed E-state index contributed by atoms with van der Waals surface area (Å²) in [4.78, 5) is 107. The molecule has 0 saturated carbocycles. The molecule has 9 unspecified atom stereocenters. The first-order chi connectivity index (χ1) is 68.6. The number of carbonyl (C=O) groups excluding carboxylic acids is 6. The van der Waals surface area contributed by atoms with Gasteiger partial charge in [0.1, 0.15) is 79.8 Å². The first-order valence-corrected chi connectivity index (χ1v) is 49.3. The molecule has 0 radical (unpaired) electrons. The Morgan fingerprint density at radius 3 is 1.65 bits per heavy atom. The van der Waals surface area contributed by atoms with Gasteiger partial charge in [0, 0.05) is 88.8 Å². The molecule has 2 fully saturated rings. The molecule has 2 aliphatic carbocycles. The predicted molar refractivity (Wildman–Crippen MR) is 525 cm³/mol. The first-order valence-electron chi connectivity index (χ1n) is 47.1. The Kier molecular flexibility index (Phi) is 33.7. The lowest BCUT2D eigenvalue weighted by molar-refractivity contribution is -0.148. The number of hydrogen-bond acceptors (Lipinski definition) is 29. The van der Waals surface area contributed by atoms with Gasteiger partial charge in [-0.2, -0.15) is 15.5 Å². The van der Waals surface area contributed by atoms with E-state index < -0.39 is 102 Å². The van der Waals surface area contributed by atoms with Crippen molar-refractivity contribution in [1.82, 2.24) is 54.2 Å². The SMILES string of the molecule is COc1ccc(C(OCC2OC(n3cnc4c(NC(=O)c5ccc(CCC(=O)COC(=O)CCCN(C)C(=O)OCC6c7ccccc7-c7ccccc76)cc5)ncnc43)CC2OP(OCCC#N)OCC2OC(n3cnc4c3N=C(NC(=O)CCCN(C)C(=O)OCC3c5ccccc5-c5ccccc53)NC4N)CC2OP(OCCC#N)N(C(C)C)C(C)C)(c2ccccc2)c2ccc(OC)cc2)cc1. The minimum Gasteiger partial charge on any atom is -0.497 e. The monoisotopic (exact) mass is 1950 g/mol. The average molecular weight is 1950 g/mol. The van der Waals surface area contributed by atoms with Crippen LogP contribution in [-0.2, 0) is 77.4 Å². The fraction of sp³-hybridized carbons (Fsp3) is 0.375. The number of anilines is 1. The van der Waals surface area contributed by atoms with Crippen LogP contribution in [0.25, 0.3) is 33.4 Å². The van der Waals surface area contributed by atoms with E-state index >= 15 is 0 Å². The van der Waals surface area contributed by atoms with Gasteiger partial charge >= 0.3 is 26.8 Å². The molecule has 37 heteroatoms. The second-order valence-corrected chi connectivity index (χ2v) is 37.8. The molecule has 2 saturated heterocycles. The van der Waals surface area contributed by atoms with E-state index in [0.29, 0.717) is 36.5 Å². The Labute approximate surface area is 820 Å². The standard InChI is InChI=1S/C104H114N16O19P2/c1-66(2)120(67(3)4)140(133-54-22-50-105)138-86-56-92(119-64-110-94-96(107)113-101(115-99(94)119)112-90(122)34-20-52-116(5)102(125)130-59-84-80-30-16-12-26-76(80)77-27-13-17-31-81(77)84)137-89(86)62-135-141(134-55-23-51-106)139-87-57-91(136-88(87)61-132-104(70-24-10-9-11-25-70,71-41-46-74(127-7)47-42-71)72-43-48-75(128-8)49-44-72)118-65-111-95-97(108-63-109-98(95)118)114-100(124)69-39-36-68(37-40-69)38-45-73(121)58-129-93(123)35-21-53-117(6)103(126)131-60-85-82-32-18-14-28-78(82)79-29-15-19-33-83(79)85/h9-19,24-33,36-37,39-44,46-49,63-67,84-89,91-92,96H,20-23,34-35,38,45,52-62,107H2,1-8H3,(H,108,109,114,124)(H2,112,113,115,122). The second-order valence-electron chi connectivity index (χ2n) is 35.2. The number of nitrogens with zero attached hydrogens (tertiary/aromatic N) is 12. The number of ether oxygens (including phenoxy) is 8. The molecule has 0 spiro atoms. The number of esters is 1. The Bertz CT molecular complexity index is 6180. The third kappa shape index (κ3) is 23.8. The molecule has 6 heterocycles. The zero-order valence-electron chi connectivity index (χ0n) is 79.7. The number of nitriles is 2. The lowest BCUT2D eigenvalue weighted by Gasteiger charge is -2.37. The summed E-state index contributed by atoms with van der Waals surface area (Å²) in [5, 5.41) is 28.7. The third-order valence-corrected chi connectivity index (χ3v) is 28.7. The summed E-state index contributed by atoms with van der Waals surface area (Å²) in [6, 6.07) is 68.3. The summed E-state index contributed by atoms with van der Waals surface area (Å²) >= 11 is 0. The number of Topliss-reactive ketones (excluding diaryl/α,β-unsaturated/α-hetero) is 1. The summed E-state index contributed by atoms with van der Waals surface area (Å²) in [5.74, 6) is -0.315. The number of rotatable bonds is 45. The van der Waals surface area contributed by atoms with E-state index in [1.165, 1.54) is 22.5 Å². The molecule has 35 nitrogen and oxygen atoms in total. The van der Waals surface area contributed by atoms with Crippen LogP contribution in [0.5, 0.6) is 11.5 Å². The minimum atomic E-state index is -2.48. The summed E-state index contributed by atoms with van der Waals surface area (Å²) in [6.07, 6.45) is -1.76. The summed E-state index contributed by atoms with van der Waals surface area (Å²) < 4.78 is 90.1. The number of aryl methyl sites for hydroxylation is 1. The number of aromatic nitrogens is 6. The van der Waals surface area contributed by atoms with Crippen molar-refractivity contribution in [2.24, 2.45) is 10.7 Å². The Morgan fingerprint density at radius 2 is 1.09 bits per heavy atom. The molecule has 11 aromatic rings. The van der Waals surface area contributed by atoms with Crippen LogP contribution in [0.3, 0.4) is 0 Å². The van der Waals surface area contributed by atoms with Crippen LogP contribution in [-0.4, -0.2) is 209 Å². The zero-order chi connectivity index (χ0) is 98.6. The minimum absolute atomic E-state index is 0.0112. The number of fused-ring (bicyclic) bond motifs is 8. The van der Waals surface area contributed by atoms with Gasteiger partial charge < -0.3 is 86.7 Å². The van der Waals surface area contributed by atoms with Crippen molar-refractivity contribution in [3.05, 3.63) is 275 Å². The average Bonchev–Trinajstić information content (AvgIpc) is 1.75. The van der Waals surface area contributed by atoms with Crippen LogP contribution in [0, 0.1) is 22.7 Å². The second kappa shape index (κ2) is 47.3. The smallest absolute Gasteiger partial charge is 0.409 e. The van der Waals surface area contributed by atoms with E-state index in [2.05, 4.69) is 86.3 Å². The summed E-state index contributed by atoms with van der Waals surface area (Å²) in [5.41, 5.74) is 18.5. The van der Waals surface area contributed by atoms with E-state index in [1.54, 1.807) is 68.0 Å². The molecule has 5 aliphatic rings. The van der Waals surface area contributed by atoms with Crippen LogP contribution in [0.1, 0.15) is 176 Å².